The largest absolute Gasteiger partial charge is 0.452 e. The summed E-state index contributed by atoms with van der Waals surface area (Å²) >= 11 is 0. The number of carbonyl (C=O) groups excluding carboxylic acids is 3. The second kappa shape index (κ2) is 8.09. The number of amides is 1. The number of ketones is 1. The third-order valence-electron chi connectivity index (χ3n) is 3.79. The van der Waals surface area contributed by atoms with Crippen LogP contribution in [-0.2, 0) is 9.53 Å². The van der Waals surface area contributed by atoms with Crippen molar-refractivity contribution in [1.82, 2.24) is 9.78 Å². The van der Waals surface area contributed by atoms with Gasteiger partial charge in [-0.15, -0.1) is 0 Å². The lowest BCUT2D eigenvalue weighted by atomic mass is 10.1. The van der Waals surface area contributed by atoms with E-state index in [4.69, 9.17) is 4.74 Å². The van der Waals surface area contributed by atoms with Crippen molar-refractivity contribution < 1.29 is 19.1 Å². The number of benzene rings is 2. The SMILES string of the molecule is CC(=O)c1ccccc1NC(=O)COC(=O)c1ccc(-n2cccn2)cc1. The molecule has 136 valence electrons. The van der Waals surface area contributed by atoms with E-state index in [9.17, 15) is 14.4 Å². The van der Waals surface area contributed by atoms with Crippen LogP contribution in [0, 0.1) is 0 Å². The molecule has 0 aliphatic rings. The number of hydrogen-bond acceptors (Lipinski definition) is 5. The van der Waals surface area contributed by atoms with Crippen molar-refractivity contribution in [3.8, 4) is 5.69 Å². The lowest BCUT2D eigenvalue weighted by molar-refractivity contribution is -0.119. The molecule has 7 heteroatoms. The van der Waals surface area contributed by atoms with Crippen LogP contribution in [0.25, 0.3) is 5.69 Å². The highest BCUT2D eigenvalue weighted by atomic mass is 16.5. The van der Waals surface area contributed by atoms with E-state index in [0.717, 1.165) is 5.69 Å². The van der Waals surface area contributed by atoms with Crippen LogP contribution in [0.5, 0.6) is 0 Å². The third kappa shape index (κ3) is 4.46. The summed E-state index contributed by atoms with van der Waals surface area (Å²) in [5, 5.41) is 6.68. The predicted molar refractivity (Wildman–Crippen MR) is 98.9 cm³/mol. The smallest absolute Gasteiger partial charge is 0.338 e. The number of esters is 1. The van der Waals surface area contributed by atoms with E-state index < -0.39 is 18.5 Å². The molecular weight excluding hydrogens is 346 g/mol. The number of carbonyl (C=O) groups is 3. The molecule has 7 nitrogen and oxygen atoms in total. The fourth-order valence-corrected chi connectivity index (χ4v) is 2.47. The minimum Gasteiger partial charge on any atom is -0.452 e. The van der Waals surface area contributed by atoms with Gasteiger partial charge in [0.15, 0.2) is 12.4 Å². The first-order valence-electron chi connectivity index (χ1n) is 8.21. The summed E-state index contributed by atoms with van der Waals surface area (Å²) in [5.74, 6) is -1.30. The summed E-state index contributed by atoms with van der Waals surface area (Å²) < 4.78 is 6.70. The number of anilines is 1. The molecule has 3 aromatic rings. The van der Waals surface area contributed by atoms with Gasteiger partial charge < -0.3 is 10.1 Å². The van der Waals surface area contributed by atoms with Crippen molar-refractivity contribution in [1.29, 1.82) is 0 Å². The Balaban J connectivity index is 1.57. The van der Waals surface area contributed by atoms with Crippen LogP contribution in [0.3, 0.4) is 0 Å². The molecule has 0 aliphatic carbocycles. The van der Waals surface area contributed by atoms with E-state index in [1.54, 1.807) is 71.7 Å². The van der Waals surface area contributed by atoms with Crippen molar-refractivity contribution in [2.75, 3.05) is 11.9 Å². The van der Waals surface area contributed by atoms with Crippen LogP contribution in [0.4, 0.5) is 5.69 Å². The van der Waals surface area contributed by atoms with E-state index in [1.165, 1.54) is 6.92 Å². The van der Waals surface area contributed by atoms with E-state index in [-0.39, 0.29) is 5.78 Å². The molecular formula is C20H17N3O4. The quantitative estimate of drug-likeness (QED) is 0.537. The number of nitrogens with zero attached hydrogens (tertiary/aromatic N) is 2. The Kier molecular flexibility index (Phi) is 5.41. The molecule has 0 bridgehead atoms. The van der Waals surface area contributed by atoms with Gasteiger partial charge in [-0.2, -0.15) is 5.10 Å². The maximum Gasteiger partial charge on any atom is 0.338 e. The number of ether oxygens (including phenoxy) is 1. The summed E-state index contributed by atoms with van der Waals surface area (Å²) in [5.41, 5.74) is 1.90. The molecule has 0 radical (unpaired) electrons. The van der Waals surface area contributed by atoms with E-state index >= 15 is 0 Å². The predicted octanol–water partition coefficient (Wildman–Crippen LogP) is 2.87. The van der Waals surface area contributed by atoms with E-state index in [2.05, 4.69) is 10.4 Å². The Morgan fingerprint density at radius 1 is 1.04 bits per heavy atom. The summed E-state index contributed by atoms with van der Waals surface area (Å²) in [7, 11) is 0. The topological polar surface area (TPSA) is 90.3 Å². The van der Waals surface area contributed by atoms with Gasteiger partial charge in [-0.1, -0.05) is 12.1 Å². The van der Waals surface area contributed by atoms with E-state index in [1.807, 2.05) is 0 Å². The van der Waals surface area contributed by atoms with Crippen LogP contribution < -0.4 is 5.32 Å². The zero-order valence-corrected chi connectivity index (χ0v) is 14.6. The Hall–Kier alpha value is -3.74. The maximum atomic E-state index is 12.1. The average molecular weight is 363 g/mol. The number of rotatable bonds is 6. The van der Waals surface area contributed by atoms with Gasteiger partial charge >= 0.3 is 5.97 Å². The Bertz CT molecular complexity index is 963. The molecule has 3 rings (SSSR count). The van der Waals surface area contributed by atoms with Gasteiger partial charge in [0, 0.05) is 18.0 Å². The Morgan fingerprint density at radius 2 is 1.78 bits per heavy atom. The lowest BCUT2D eigenvalue weighted by Gasteiger charge is -2.09. The molecule has 1 amide bonds. The van der Waals surface area contributed by atoms with Crippen LogP contribution in [0.2, 0.25) is 0 Å². The molecule has 0 spiro atoms. The molecule has 2 aromatic carbocycles. The van der Waals surface area contributed by atoms with Gasteiger partial charge in [-0.25, -0.2) is 9.48 Å². The summed E-state index contributed by atoms with van der Waals surface area (Å²) in [6, 6.07) is 15.1. The molecule has 0 fully saturated rings. The number of hydrogen-bond donors (Lipinski definition) is 1. The number of para-hydroxylation sites is 1. The first-order valence-corrected chi connectivity index (χ1v) is 8.21. The van der Waals surface area contributed by atoms with Gasteiger partial charge in [-0.05, 0) is 49.4 Å². The number of Topliss-reactive ketones (excluding diaryl/α,β-unsaturated/α-hetero) is 1. The molecule has 1 heterocycles. The highest BCUT2D eigenvalue weighted by Gasteiger charge is 2.13. The van der Waals surface area contributed by atoms with Crippen LogP contribution in [-0.4, -0.2) is 34.0 Å². The average Bonchev–Trinajstić information content (AvgIpc) is 3.21. The third-order valence-corrected chi connectivity index (χ3v) is 3.79. The van der Waals surface area contributed by atoms with Gasteiger partial charge in [0.05, 0.1) is 16.9 Å². The molecule has 0 atom stereocenters. The molecule has 0 saturated heterocycles. The van der Waals surface area contributed by atoms with Gasteiger partial charge in [-0.3, -0.25) is 9.59 Å². The zero-order valence-electron chi connectivity index (χ0n) is 14.6. The first kappa shape index (κ1) is 18.1. The molecule has 1 aromatic heterocycles. The van der Waals surface area contributed by atoms with Gasteiger partial charge in [0.25, 0.3) is 5.91 Å². The minimum absolute atomic E-state index is 0.167. The number of aromatic nitrogens is 2. The Morgan fingerprint density at radius 3 is 2.44 bits per heavy atom. The second-order valence-electron chi connectivity index (χ2n) is 5.72. The lowest BCUT2D eigenvalue weighted by Crippen LogP contribution is -2.22. The van der Waals surface area contributed by atoms with Crippen LogP contribution in [0.1, 0.15) is 27.6 Å². The fourth-order valence-electron chi connectivity index (χ4n) is 2.47. The minimum atomic E-state index is -0.614. The highest BCUT2D eigenvalue weighted by molar-refractivity contribution is 6.04. The molecule has 0 aliphatic heterocycles. The van der Waals surface area contributed by atoms with Crippen molar-refractivity contribution in [2.45, 2.75) is 6.92 Å². The van der Waals surface area contributed by atoms with Crippen molar-refractivity contribution in [2.24, 2.45) is 0 Å². The highest BCUT2D eigenvalue weighted by Crippen LogP contribution is 2.15. The molecule has 1 N–H and O–H groups in total. The van der Waals surface area contributed by atoms with Crippen molar-refractivity contribution in [3.05, 3.63) is 78.1 Å². The van der Waals surface area contributed by atoms with Crippen molar-refractivity contribution >= 4 is 23.3 Å². The molecule has 0 unspecified atom stereocenters. The second-order valence-corrected chi connectivity index (χ2v) is 5.72. The van der Waals surface area contributed by atoms with Gasteiger partial charge in [0.2, 0.25) is 0 Å². The fraction of sp³-hybridized carbons (Fsp3) is 0.100. The summed E-state index contributed by atoms with van der Waals surface area (Å²) in [4.78, 5) is 35.7. The molecule has 27 heavy (non-hydrogen) atoms. The number of nitrogens with one attached hydrogen (secondary N) is 1. The van der Waals surface area contributed by atoms with Crippen molar-refractivity contribution in [3.63, 3.8) is 0 Å². The molecule has 0 saturated carbocycles. The summed E-state index contributed by atoms with van der Waals surface area (Å²) in [6.45, 7) is 0.962. The van der Waals surface area contributed by atoms with E-state index in [0.29, 0.717) is 16.8 Å². The van der Waals surface area contributed by atoms with Gasteiger partial charge in [0.1, 0.15) is 0 Å². The standard InChI is InChI=1S/C20H17N3O4/c1-14(24)17-5-2-3-6-18(17)22-19(25)13-27-20(26)15-7-9-16(10-8-15)23-12-4-11-21-23/h2-12H,13H2,1H3,(H,22,25). The van der Waals surface area contributed by atoms with Crippen LogP contribution >= 0.6 is 0 Å². The monoisotopic (exact) mass is 363 g/mol. The first-order chi connectivity index (χ1) is 13.0. The summed E-state index contributed by atoms with van der Waals surface area (Å²) in [6.07, 6.45) is 3.45. The normalized spacial score (nSPS) is 10.3. The maximum absolute atomic E-state index is 12.1. The zero-order chi connectivity index (χ0) is 19.2. The Labute approximate surface area is 155 Å². The van der Waals surface area contributed by atoms with Crippen LogP contribution in [0.15, 0.2) is 67.0 Å².